The predicted molar refractivity (Wildman–Crippen MR) is 30.0 cm³/mol. The van der Waals surface area contributed by atoms with Crippen LogP contribution >= 0.6 is 0 Å². The number of carbonyl (C=O) groups is 6. The number of hydrogen-bond acceptors (Lipinski definition) is 12. The van der Waals surface area contributed by atoms with E-state index in [0.717, 1.165) is 0 Å². The van der Waals surface area contributed by atoms with E-state index in [2.05, 4.69) is 0 Å². The van der Waals surface area contributed by atoms with Gasteiger partial charge in [-0.1, -0.05) is 0 Å². The Kier molecular flexibility index (Phi) is 54.6. The Morgan fingerprint density at radius 1 is 0.364 bits per heavy atom. The molecular weight excluding hydrogens is 1030 g/mol. The molecule has 22 heavy (non-hydrogen) atoms. The van der Waals surface area contributed by atoms with E-state index in [4.69, 9.17) is 59.4 Å². The van der Waals surface area contributed by atoms with Crippen molar-refractivity contribution >= 4 is 35.8 Å². The minimum Gasteiger partial charge on any atom is -0.543 e. The van der Waals surface area contributed by atoms with Crippen LogP contribution in [0.2, 0.25) is 0 Å². The van der Waals surface area contributed by atoms with Crippen LogP contribution in [0.1, 0.15) is 0 Å². The molecular formula is C6Nd2O12U2. The van der Waals surface area contributed by atoms with E-state index < -0.39 is 35.8 Å². The van der Waals surface area contributed by atoms with Gasteiger partial charge in [0.15, 0.2) is 0 Å². The molecule has 0 aromatic carbocycles. The molecule has 0 fully saturated rings. The minimum atomic E-state index is -2.19. The zero-order valence-electron chi connectivity index (χ0n) is 9.90. The van der Waals surface area contributed by atoms with Crippen molar-refractivity contribution < 1.29 is 203 Å². The molecule has 0 unspecified atom stereocenters. The first-order valence-electron chi connectivity index (χ1n) is 3.20. The molecule has 2 radical (unpaired) electrons. The summed E-state index contributed by atoms with van der Waals surface area (Å²) in [6, 6.07) is 0. The quantitative estimate of drug-likeness (QED) is 0.206. The van der Waals surface area contributed by atoms with Crippen molar-refractivity contribution in [2.24, 2.45) is 0 Å². The Labute approximate surface area is 234 Å². The summed E-state index contributed by atoms with van der Waals surface area (Å²) in [6.45, 7) is 0. The molecule has 0 aliphatic rings. The van der Waals surface area contributed by atoms with Gasteiger partial charge in [-0.25, -0.2) is 0 Å². The van der Waals surface area contributed by atoms with Crippen LogP contribution < -0.4 is 30.6 Å². The van der Waals surface area contributed by atoms with Crippen LogP contribution in [0.4, 0.5) is 0 Å². The van der Waals surface area contributed by atoms with E-state index in [-0.39, 0.29) is 144 Å². The molecule has 16 heteroatoms. The van der Waals surface area contributed by atoms with E-state index in [1.54, 1.807) is 0 Å². The maximum Gasteiger partial charge on any atom is 3.00 e. The minimum absolute atomic E-state index is 0. The first-order chi connectivity index (χ1) is 7.93. The van der Waals surface area contributed by atoms with E-state index in [0.29, 0.717) is 0 Å². The van der Waals surface area contributed by atoms with E-state index in [1.807, 2.05) is 0 Å². The van der Waals surface area contributed by atoms with Gasteiger partial charge in [-0.15, -0.1) is 0 Å². The molecule has 0 atom stereocenters. The third-order valence-corrected chi connectivity index (χ3v) is 0.500. The number of carbonyl (C=O) groups excluding carboxylic acids is 6. The number of rotatable bonds is 0. The van der Waals surface area contributed by atoms with Gasteiger partial charge >= 0.3 is 81.7 Å². The van der Waals surface area contributed by atoms with Gasteiger partial charge in [-0.2, -0.15) is 0 Å². The molecule has 0 saturated carbocycles. The van der Waals surface area contributed by atoms with E-state index in [9.17, 15) is 0 Å². The molecule has 0 aliphatic heterocycles. The van der Waals surface area contributed by atoms with Crippen molar-refractivity contribution in [1.29, 1.82) is 0 Å². The third kappa shape index (κ3) is 49.6. The average molecular weight is 1030 g/mol. The maximum absolute atomic E-state index is 8.93. The molecule has 0 aromatic heterocycles. The standard InChI is InChI=1S/3C2H2O4.2Nd.2U/c3*3-1(4)2(5)6;;;;/h3*(H,3,4)(H,5,6);;;;/q;;;2*+3;;/p-6. The average Bonchev–Trinajstić information content (AvgIpc) is 2.18. The summed E-state index contributed by atoms with van der Waals surface area (Å²) in [4.78, 5) is 53.6. The smallest absolute Gasteiger partial charge is 0.543 e. The molecule has 0 saturated heterocycles. The maximum atomic E-state index is 8.93. The second kappa shape index (κ2) is 27.5. The molecule has 0 N–H and O–H groups in total. The third-order valence-electron chi connectivity index (χ3n) is 0.500. The van der Waals surface area contributed by atoms with Crippen LogP contribution in [0.3, 0.4) is 0 Å². The van der Waals surface area contributed by atoms with Gasteiger partial charge < -0.3 is 59.4 Å². The monoisotopic (exact) mass is 1020 g/mol. The molecule has 0 bridgehead atoms. The second-order valence-corrected chi connectivity index (χ2v) is 1.72. The van der Waals surface area contributed by atoms with Crippen molar-refractivity contribution in [3.63, 3.8) is 0 Å². The van der Waals surface area contributed by atoms with Gasteiger partial charge in [0.25, 0.3) is 0 Å². The van der Waals surface area contributed by atoms with Gasteiger partial charge in [0.05, 0.1) is 35.8 Å². The number of carboxylic acids is 6. The van der Waals surface area contributed by atoms with Crippen LogP contribution in [-0.4, -0.2) is 35.8 Å². The van der Waals surface area contributed by atoms with Gasteiger partial charge in [0.1, 0.15) is 0 Å². The Balaban J connectivity index is -0.0000000281. The van der Waals surface area contributed by atoms with Crippen LogP contribution in [-0.2, 0) is 28.8 Å². The Bertz CT molecular complexity index is 291. The summed E-state index contributed by atoms with van der Waals surface area (Å²) in [7, 11) is 0. The second-order valence-electron chi connectivity index (χ2n) is 1.72. The molecule has 0 aliphatic carbocycles. The molecule has 112 valence electrons. The van der Waals surface area contributed by atoms with E-state index in [1.165, 1.54) is 0 Å². The van der Waals surface area contributed by atoms with Crippen molar-refractivity contribution in [2.45, 2.75) is 0 Å². The van der Waals surface area contributed by atoms with Crippen molar-refractivity contribution in [3.8, 4) is 0 Å². The molecule has 0 amide bonds. The summed E-state index contributed by atoms with van der Waals surface area (Å²) in [5.74, 6) is -13.1. The Hall–Kier alpha value is 1.63. The first kappa shape index (κ1) is 43.8. The fourth-order valence-corrected chi connectivity index (χ4v) is 0. The first-order valence-corrected chi connectivity index (χ1v) is 3.20. The van der Waals surface area contributed by atoms with Crippen LogP contribution in [0.15, 0.2) is 0 Å². The summed E-state index contributed by atoms with van der Waals surface area (Å²) in [5.41, 5.74) is 0. The van der Waals surface area contributed by atoms with Crippen molar-refractivity contribution in [2.75, 3.05) is 0 Å². The van der Waals surface area contributed by atoms with Gasteiger partial charge in [-0.05, 0) is 0 Å². The number of aliphatic carboxylic acids is 6. The van der Waals surface area contributed by atoms with Gasteiger partial charge in [0, 0.05) is 62.2 Å². The predicted octanol–water partition coefficient (Wildman–Crippen LogP) is -10.5. The molecule has 12 nitrogen and oxygen atoms in total. The normalized spacial score (nSPS) is 6.00. The summed E-state index contributed by atoms with van der Waals surface area (Å²) >= 11 is 0. The Morgan fingerprint density at radius 3 is 0.409 bits per heavy atom. The number of carboxylic acid groups (broad SMARTS) is 6. The van der Waals surface area contributed by atoms with Crippen LogP contribution in [0.25, 0.3) is 0 Å². The van der Waals surface area contributed by atoms with Crippen LogP contribution in [0, 0.1) is 144 Å². The zero-order chi connectivity index (χ0) is 15.5. The molecule has 0 heterocycles. The number of hydrogen-bond donors (Lipinski definition) is 0. The zero-order valence-corrected chi connectivity index (χ0v) is 24.6. The summed E-state index contributed by atoms with van der Waals surface area (Å²) in [6.07, 6.45) is 0. The van der Waals surface area contributed by atoms with E-state index >= 15 is 0 Å². The van der Waals surface area contributed by atoms with Crippen molar-refractivity contribution in [1.82, 2.24) is 0 Å². The molecule has 0 rings (SSSR count). The van der Waals surface area contributed by atoms with Gasteiger partial charge in [0.2, 0.25) is 0 Å². The topological polar surface area (TPSA) is 241 Å². The van der Waals surface area contributed by atoms with Crippen LogP contribution in [0.5, 0.6) is 0 Å². The SMILES string of the molecule is O=C([O-])C(=O)[O-].O=C([O-])C(=O)[O-].O=C([O-])C(=O)[O-].[Nd+3].[Nd+3].[U].[U]. The molecule has 0 aromatic rings. The fourth-order valence-electron chi connectivity index (χ4n) is 0. The largest absolute Gasteiger partial charge is 3.00 e. The van der Waals surface area contributed by atoms with Crippen molar-refractivity contribution in [3.05, 3.63) is 0 Å². The summed E-state index contributed by atoms with van der Waals surface area (Å²) in [5, 5.41) is 53.6. The molecule has 0 spiro atoms. The summed E-state index contributed by atoms with van der Waals surface area (Å²) < 4.78 is 0. The fraction of sp³-hybridized carbons (Fsp3) is 0. The Morgan fingerprint density at radius 2 is 0.409 bits per heavy atom. The van der Waals surface area contributed by atoms with Gasteiger partial charge in [-0.3, -0.25) is 0 Å².